The van der Waals surface area contributed by atoms with Crippen LogP contribution in [0.1, 0.15) is 5.56 Å². The van der Waals surface area contributed by atoms with Crippen LogP contribution >= 0.6 is 34.8 Å². The first-order valence-corrected chi connectivity index (χ1v) is 9.37. The molecule has 0 unspecified atom stereocenters. The summed E-state index contributed by atoms with van der Waals surface area (Å²) >= 11 is 18.0. The van der Waals surface area contributed by atoms with Gasteiger partial charge < -0.3 is 4.42 Å². The molecule has 0 aliphatic carbocycles. The van der Waals surface area contributed by atoms with Crippen LogP contribution in [0.5, 0.6) is 0 Å². The molecule has 0 atom stereocenters. The van der Waals surface area contributed by atoms with E-state index in [0.717, 1.165) is 16.7 Å². The first-order chi connectivity index (χ1) is 13.1. The van der Waals surface area contributed by atoms with Crippen molar-refractivity contribution in [2.75, 3.05) is 0 Å². The number of pyridine rings is 1. The van der Waals surface area contributed by atoms with Gasteiger partial charge in [0.1, 0.15) is 5.56 Å². The van der Waals surface area contributed by atoms with E-state index in [1.54, 1.807) is 12.3 Å². The minimum absolute atomic E-state index is 0.547. The maximum Gasteiger partial charge on any atom is 0.232 e. The molecule has 134 valence electrons. The smallest absolute Gasteiger partial charge is 0.232 e. The summed E-state index contributed by atoms with van der Waals surface area (Å²) < 4.78 is 7.97. The van der Waals surface area contributed by atoms with Crippen molar-refractivity contribution in [2.24, 2.45) is 0 Å². The average Bonchev–Trinajstić information content (AvgIpc) is 3.16. The molecule has 0 spiro atoms. The standard InChI is InChI=1S/C21H14Cl3N2O/c22-17-6-4-15(5-7-17)20-11-25-21(27-20)16-2-1-9-26(13-16)12-14-3-8-18(23)19(24)10-14/h1-11,13H,12H2/q+1. The van der Waals surface area contributed by atoms with Crippen LogP contribution in [0.15, 0.2) is 77.6 Å². The lowest BCUT2D eigenvalue weighted by atomic mass is 10.2. The SMILES string of the molecule is Clc1ccc(-c2cnc(-c3ccc[n+](Cc4ccc(Cl)c(Cl)c4)c3)o2)cc1. The van der Waals surface area contributed by atoms with Gasteiger partial charge in [-0.1, -0.05) is 40.9 Å². The van der Waals surface area contributed by atoms with Crippen molar-refractivity contribution in [3.63, 3.8) is 0 Å². The molecule has 2 aromatic carbocycles. The van der Waals surface area contributed by atoms with E-state index >= 15 is 0 Å². The summed E-state index contributed by atoms with van der Waals surface area (Å²) in [5.41, 5.74) is 2.87. The first kappa shape index (κ1) is 18.1. The topological polar surface area (TPSA) is 29.9 Å². The lowest BCUT2D eigenvalue weighted by Crippen LogP contribution is -2.33. The van der Waals surface area contributed by atoms with Crippen LogP contribution in [-0.2, 0) is 6.54 Å². The molecule has 4 aromatic rings. The van der Waals surface area contributed by atoms with E-state index in [-0.39, 0.29) is 0 Å². The van der Waals surface area contributed by atoms with Crippen molar-refractivity contribution in [3.05, 3.63) is 93.8 Å². The fourth-order valence-corrected chi connectivity index (χ4v) is 3.20. The Morgan fingerprint density at radius 2 is 1.70 bits per heavy atom. The van der Waals surface area contributed by atoms with Crippen LogP contribution < -0.4 is 4.57 Å². The quantitative estimate of drug-likeness (QED) is 0.365. The fraction of sp³-hybridized carbons (Fsp3) is 0.0476. The van der Waals surface area contributed by atoms with Crippen molar-refractivity contribution in [3.8, 4) is 22.8 Å². The van der Waals surface area contributed by atoms with Crippen molar-refractivity contribution >= 4 is 34.8 Å². The minimum Gasteiger partial charge on any atom is -0.436 e. The van der Waals surface area contributed by atoms with Crippen molar-refractivity contribution in [1.82, 2.24) is 4.98 Å². The van der Waals surface area contributed by atoms with Crippen LogP contribution in [-0.4, -0.2) is 4.98 Å². The van der Waals surface area contributed by atoms with Gasteiger partial charge in [-0.05, 0) is 42.5 Å². The lowest BCUT2D eigenvalue weighted by Gasteiger charge is -2.01. The Kier molecular flexibility index (Phi) is 5.17. The predicted molar refractivity (Wildman–Crippen MR) is 108 cm³/mol. The molecule has 0 aliphatic heterocycles. The van der Waals surface area contributed by atoms with E-state index in [1.807, 2.05) is 65.5 Å². The van der Waals surface area contributed by atoms with Gasteiger partial charge in [-0.2, -0.15) is 4.57 Å². The molecule has 27 heavy (non-hydrogen) atoms. The Morgan fingerprint density at radius 3 is 2.48 bits per heavy atom. The fourth-order valence-electron chi connectivity index (χ4n) is 2.75. The number of halogens is 3. The van der Waals surface area contributed by atoms with E-state index in [0.29, 0.717) is 33.3 Å². The maximum atomic E-state index is 6.10. The summed E-state index contributed by atoms with van der Waals surface area (Å²) in [7, 11) is 0. The highest BCUT2D eigenvalue weighted by molar-refractivity contribution is 6.42. The third-order valence-corrected chi connectivity index (χ3v) is 5.08. The van der Waals surface area contributed by atoms with Gasteiger partial charge in [-0.25, -0.2) is 4.98 Å². The summed E-state index contributed by atoms with van der Waals surface area (Å²) in [4.78, 5) is 4.41. The van der Waals surface area contributed by atoms with Gasteiger partial charge >= 0.3 is 0 Å². The van der Waals surface area contributed by atoms with Gasteiger partial charge in [-0.3, -0.25) is 0 Å². The van der Waals surface area contributed by atoms with Crippen LogP contribution in [0, 0.1) is 0 Å². The molecule has 0 radical (unpaired) electrons. The Morgan fingerprint density at radius 1 is 0.889 bits per heavy atom. The Labute approximate surface area is 171 Å². The normalized spacial score (nSPS) is 10.9. The summed E-state index contributed by atoms with van der Waals surface area (Å²) in [6.45, 7) is 0.662. The van der Waals surface area contributed by atoms with Gasteiger partial charge in [0.25, 0.3) is 0 Å². The lowest BCUT2D eigenvalue weighted by molar-refractivity contribution is -0.687. The van der Waals surface area contributed by atoms with Crippen LogP contribution in [0.3, 0.4) is 0 Å². The third kappa shape index (κ3) is 4.16. The monoisotopic (exact) mass is 415 g/mol. The molecule has 0 saturated heterocycles. The predicted octanol–water partition coefficient (Wildman–Crippen LogP) is 6.30. The van der Waals surface area contributed by atoms with E-state index in [1.165, 1.54) is 0 Å². The number of benzene rings is 2. The zero-order valence-corrected chi connectivity index (χ0v) is 16.3. The average molecular weight is 417 g/mol. The van der Waals surface area contributed by atoms with E-state index in [4.69, 9.17) is 39.2 Å². The van der Waals surface area contributed by atoms with Crippen molar-refractivity contribution < 1.29 is 8.98 Å². The van der Waals surface area contributed by atoms with Gasteiger partial charge in [0.05, 0.1) is 16.2 Å². The molecule has 0 aliphatic rings. The second-order valence-corrected chi connectivity index (χ2v) is 7.30. The second kappa shape index (κ2) is 7.73. The largest absolute Gasteiger partial charge is 0.436 e. The highest BCUT2D eigenvalue weighted by atomic mass is 35.5. The Hall–Kier alpha value is -2.33. The zero-order valence-electron chi connectivity index (χ0n) is 14.1. The molecule has 0 fully saturated rings. The number of rotatable bonds is 4. The molecule has 6 heteroatoms. The molecule has 0 saturated carbocycles. The summed E-state index contributed by atoms with van der Waals surface area (Å²) in [6, 6.07) is 17.0. The molecule has 4 rings (SSSR count). The Bertz CT molecular complexity index is 1090. The third-order valence-electron chi connectivity index (χ3n) is 4.09. The molecule has 2 heterocycles. The minimum atomic E-state index is 0.547. The van der Waals surface area contributed by atoms with Gasteiger partial charge in [-0.15, -0.1) is 0 Å². The second-order valence-electron chi connectivity index (χ2n) is 6.05. The van der Waals surface area contributed by atoms with Crippen molar-refractivity contribution in [2.45, 2.75) is 6.54 Å². The molecular formula is C21H14Cl3N2O+. The molecule has 0 N–H and O–H groups in total. The van der Waals surface area contributed by atoms with Gasteiger partial charge in [0.15, 0.2) is 24.7 Å². The zero-order chi connectivity index (χ0) is 18.8. The molecule has 3 nitrogen and oxygen atoms in total. The number of aromatic nitrogens is 2. The van der Waals surface area contributed by atoms with Gasteiger partial charge in [0.2, 0.25) is 5.89 Å². The molecule has 0 amide bonds. The van der Waals surface area contributed by atoms with Crippen LogP contribution in [0.4, 0.5) is 0 Å². The highest BCUT2D eigenvalue weighted by Gasteiger charge is 2.13. The number of oxazole rings is 1. The summed E-state index contributed by atoms with van der Waals surface area (Å²) in [5.74, 6) is 1.25. The number of nitrogens with zero attached hydrogens (tertiary/aromatic N) is 2. The Balaban J connectivity index is 1.59. The van der Waals surface area contributed by atoms with E-state index in [2.05, 4.69) is 4.98 Å². The maximum absolute atomic E-state index is 6.10. The number of hydrogen-bond donors (Lipinski definition) is 0. The number of hydrogen-bond acceptors (Lipinski definition) is 2. The summed E-state index contributed by atoms with van der Waals surface area (Å²) in [5, 5.41) is 1.78. The molecular weight excluding hydrogens is 403 g/mol. The highest BCUT2D eigenvalue weighted by Crippen LogP contribution is 2.26. The van der Waals surface area contributed by atoms with Crippen LogP contribution in [0.25, 0.3) is 22.8 Å². The van der Waals surface area contributed by atoms with Crippen LogP contribution in [0.2, 0.25) is 15.1 Å². The summed E-state index contributed by atoms with van der Waals surface area (Å²) in [6.07, 6.45) is 5.68. The molecule has 0 bridgehead atoms. The van der Waals surface area contributed by atoms with E-state index < -0.39 is 0 Å². The first-order valence-electron chi connectivity index (χ1n) is 8.24. The molecule has 2 aromatic heterocycles. The van der Waals surface area contributed by atoms with E-state index in [9.17, 15) is 0 Å². The van der Waals surface area contributed by atoms with Crippen molar-refractivity contribution in [1.29, 1.82) is 0 Å². The van der Waals surface area contributed by atoms with Gasteiger partial charge in [0, 0.05) is 22.2 Å².